The first-order valence-electron chi connectivity index (χ1n) is 10.7. The van der Waals surface area contributed by atoms with E-state index in [9.17, 15) is 5.11 Å². The van der Waals surface area contributed by atoms with Crippen LogP contribution in [-0.4, -0.2) is 45.1 Å². The fourth-order valence-electron chi connectivity index (χ4n) is 4.45. The minimum Gasteiger partial charge on any atom is -0.505 e. The van der Waals surface area contributed by atoms with Crippen molar-refractivity contribution in [1.29, 1.82) is 0 Å². The quantitative estimate of drug-likeness (QED) is 0.542. The number of fused-ring (bicyclic) bond motifs is 2. The zero-order chi connectivity index (χ0) is 22.4. The number of hydrogen-bond donors (Lipinski definition) is 1. The molecule has 31 heavy (non-hydrogen) atoms. The zero-order valence-electron chi connectivity index (χ0n) is 19.3. The molecule has 4 rings (SSSR count). The van der Waals surface area contributed by atoms with Crippen molar-refractivity contribution in [3.05, 3.63) is 23.8 Å². The third-order valence-electron chi connectivity index (χ3n) is 5.64. The predicted molar refractivity (Wildman–Crippen MR) is 125 cm³/mol. The highest BCUT2D eigenvalue weighted by Crippen LogP contribution is 2.53. The first-order chi connectivity index (χ1) is 14.8. The van der Waals surface area contributed by atoms with E-state index in [0.29, 0.717) is 28.4 Å². The molecule has 0 atom stereocenters. The summed E-state index contributed by atoms with van der Waals surface area (Å²) < 4.78 is 23.6. The lowest BCUT2D eigenvalue weighted by atomic mass is 9.90. The van der Waals surface area contributed by atoms with Crippen LogP contribution in [0, 0.1) is 0 Å². The van der Waals surface area contributed by atoms with Gasteiger partial charge in [0.25, 0.3) is 0 Å². The average molecular weight is 426 g/mol. The molecule has 0 radical (unpaired) electrons. The summed E-state index contributed by atoms with van der Waals surface area (Å²) in [5.74, 6) is 2.82. The number of rotatable bonds is 6. The maximum atomic E-state index is 11.4. The van der Waals surface area contributed by atoms with E-state index >= 15 is 0 Å². The summed E-state index contributed by atoms with van der Waals surface area (Å²) in [5.41, 5.74) is 1.94. The van der Waals surface area contributed by atoms with Crippen LogP contribution in [0.4, 0.5) is 5.69 Å². The van der Waals surface area contributed by atoms with Crippen molar-refractivity contribution in [3.63, 3.8) is 0 Å². The maximum absolute atomic E-state index is 11.4. The molecule has 0 aromatic heterocycles. The van der Waals surface area contributed by atoms with Crippen LogP contribution in [0.15, 0.2) is 18.2 Å². The normalized spacial score (nSPS) is 13.4. The van der Waals surface area contributed by atoms with Crippen LogP contribution < -0.4 is 23.8 Å². The van der Waals surface area contributed by atoms with E-state index in [1.165, 1.54) is 0 Å². The highest BCUT2D eigenvalue weighted by Gasteiger charge is 2.28. The van der Waals surface area contributed by atoms with Gasteiger partial charge in [0.1, 0.15) is 5.75 Å². The lowest BCUT2D eigenvalue weighted by molar-refractivity contribution is 0.230. The second kappa shape index (κ2) is 7.91. The number of likely N-dealkylation sites (N-methyl/N-ethyl adjacent to an activating group) is 1. The Morgan fingerprint density at radius 3 is 2.10 bits per heavy atom. The van der Waals surface area contributed by atoms with Crippen LogP contribution >= 0.6 is 0 Å². The Morgan fingerprint density at radius 1 is 0.839 bits per heavy atom. The van der Waals surface area contributed by atoms with Gasteiger partial charge in [0.2, 0.25) is 0 Å². The number of aromatic hydroxyl groups is 1. The van der Waals surface area contributed by atoms with Crippen LogP contribution in [0.1, 0.15) is 33.3 Å². The lowest BCUT2D eigenvalue weighted by Crippen LogP contribution is -2.25. The minimum absolute atomic E-state index is 0.00763. The Hall–Kier alpha value is -3.02. The van der Waals surface area contributed by atoms with E-state index in [0.717, 1.165) is 40.4 Å². The molecule has 166 valence electrons. The Kier molecular flexibility index (Phi) is 5.42. The number of benzene rings is 3. The molecule has 3 aromatic carbocycles. The van der Waals surface area contributed by atoms with Gasteiger partial charge in [-0.3, -0.25) is 0 Å². The van der Waals surface area contributed by atoms with Gasteiger partial charge in [-0.1, -0.05) is 0 Å². The summed E-state index contributed by atoms with van der Waals surface area (Å²) in [4.78, 5) is 2.10. The lowest BCUT2D eigenvalue weighted by Gasteiger charge is -2.31. The number of phenolic OH excluding ortho intramolecular Hbond substituents is 1. The molecule has 1 heterocycles. The van der Waals surface area contributed by atoms with Crippen molar-refractivity contribution in [2.24, 2.45) is 0 Å². The van der Waals surface area contributed by atoms with Gasteiger partial charge in [-0.2, -0.15) is 0 Å². The van der Waals surface area contributed by atoms with E-state index in [2.05, 4.69) is 11.0 Å². The highest BCUT2D eigenvalue weighted by atomic mass is 16.5. The Balaban J connectivity index is 2.20. The molecule has 0 fully saturated rings. The molecule has 0 amide bonds. The smallest absolute Gasteiger partial charge is 0.169 e. The van der Waals surface area contributed by atoms with Crippen LogP contribution in [0.3, 0.4) is 0 Å². The second-order valence-electron chi connectivity index (χ2n) is 8.57. The number of methoxy groups -OCH3 is 2. The van der Waals surface area contributed by atoms with Gasteiger partial charge in [0, 0.05) is 35.1 Å². The largest absolute Gasteiger partial charge is 0.505 e. The molecule has 0 aliphatic carbocycles. The van der Waals surface area contributed by atoms with Gasteiger partial charge in [-0.25, -0.2) is 0 Å². The molecule has 0 spiro atoms. The Morgan fingerprint density at radius 2 is 1.48 bits per heavy atom. The maximum Gasteiger partial charge on any atom is 0.169 e. The van der Waals surface area contributed by atoms with Gasteiger partial charge in [0.15, 0.2) is 23.0 Å². The van der Waals surface area contributed by atoms with Gasteiger partial charge in [-0.15, -0.1) is 0 Å². The predicted octanol–water partition coefficient (Wildman–Crippen LogP) is 5.28. The molecule has 1 aliphatic heterocycles. The van der Waals surface area contributed by atoms with Crippen LogP contribution in [-0.2, 0) is 6.42 Å². The number of nitrogens with zero attached hydrogens (tertiary/aromatic N) is 1. The van der Waals surface area contributed by atoms with Crippen LogP contribution in [0.2, 0.25) is 0 Å². The highest BCUT2D eigenvalue weighted by molar-refractivity contribution is 6.21. The van der Waals surface area contributed by atoms with Crippen molar-refractivity contribution in [2.45, 2.75) is 46.3 Å². The molecule has 1 aliphatic rings. The molecule has 0 unspecified atom stereocenters. The first kappa shape index (κ1) is 21.2. The summed E-state index contributed by atoms with van der Waals surface area (Å²) in [6.07, 6.45) is 0.838. The zero-order valence-corrected chi connectivity index (χ0v) is 19.3. The van der Waals surface area contributed by atoms with Gasteiger partial charge in [-0.05, 0) is 57.9 Å². The van der Waals surface area contributed by atoms with E-state index in [-0.39, 0.29) is 18.0 Å². The number of phenols is 1. The van der Waals surface area contributed by atoms with E-state index in [1.54, 1.807) is 14.2 Å². The number of hydrogen-bond acceptors (Lipinski definition) is 6. The summed E-state index contributed by atoms with van der Waals surface area (Å²) in [6, 6.07) is 5.83. The second-order valence-corrected chi connectivity index (χ2v) is 8.57. The summed E-state index contributed by atoms with van der Waals surface area (Å²) in [7, 11) is 5.28. The molecule has 0 saturated carbocycles. The SMILES string of the molecule is COc1cc2c(cc1OC(C)C)c(O)c1c3c(cc(OC(C)C)c(OC)c32)CCN1C. The van der Waals surface area contributed by atoms with E-state index < -0.39 is 0 Å². The van der Waals surface area contributed by atoms with Crippen LogP contribution in [0.5, 0.6) is 28.7 Å². The van der Waals surface area contributed by atoms with Crippen molar-refractivity contribution >= 4 is 27.2 Å². The molecule has 3 aromatic rings. The summed E-state index contributed by atoms with van der Waals surface area (Å²) >= 11 is 0. The van der Waals surface area contributed by atoms with E-state index in [4.69, 9.17) is 18.9 Å². The Labute approximate surface area is 183 Å². The third-order valence-corrected chi connectivity index (χ3v) is 5.64. The topological polar surface area (TPSA) is 60.4 Å². The Bertz CT molecular complexity index is 1150. The van der Waals surface area contributed by atoms with Crippen molar-refractivity contribution < 1.29 is 24.1 Å². The van der Waals surface area contributed by atoms with E-state index in [1.807, 2.05) is 46.9 Å². The molecule has 6 heteroatoms. The van der Waals surface area contributed by atoms with Crippen molar-refractivity contribution in [2.75, 3.05) is 32.7 Å². The van der Waals surface area contributed by atoms with Gasteiger partial charge in [0.05, 0.1) is 32.1 Å². The van der Waals surface area contributed by atoms with Crippen molar-refractivity contribution in [3.8, 4) is 28.7 Å². The summed E-state index contributed by atoms with van der Waals surface area (Å²) in [5, 5.41) is 14.8. The first-order valence-corrected chi connectivity index (χ1v) is 10.7. The van der Waals surface area contributed by atoms with Gasteiger partial charge >= 0.3 is 0 Å². The van der Waals surface area contributed by atoms with Crippen molar-refractivity contribution in [1.82, 2.24) is 0 Å². The molecule has 1 N–H and O–H groups in total. The minimum atomic E-state index is -0.0258. The van der Waals surface area contributed by atoms with Crippen LogP contribution in [0.25, 0.3) is 21.5 Å². The average Bonchev–Trinajstić information content (AvgIpc) is 2.71. The standard InChI is InChI=1S/C25H31NO5/c1-13(2)30-19-12-17-16(11-18(19)28-6)22-21-15(8-9-26(5)23(21)24(17)27)10-20(25(22)29-7)31-14(3)4/h10-14,27H,8-9H2,1-7H3. The fourth-order valence-corrected chi connectivity index (χ4v) is 4.45. The molecule has 0 saturated heterocycles. The number of ether oxygens (including phenoxy) is 4. The molecule has 6 nitrogen and oxygen atoms in total. The molecule has 0 bridgehead atoms. The van der Waals surface area contributed by atoms with Gasteiger partial charge < -0.3 is 29.0 Å². The third kappa shape index (κ3) is 3.44. The monoisotopic (exact) mass is 425 g/mol. The molecular weight excluding hydrogens is 394 g/mol. The number of anilines is 1. The molecular formula is C25H31NO5. The summed E-state index contributed by atoms with van der Waals surface area (Å²) in [6.45, 7) is 8.74. The fraction of sp³-hybridized carbons (Fsp3) is 0.440.